The summed E-state index contributed by atoms with van der Waals surface area (Å²) in [6, 6.07) is 10.9. The zero-order chi connectivity index (χ0) is 21.8. The van der Waals surface area contributed by atoms with Gasteiger partial charge in [0.25, 0.3) is 11.8 Å². The summed E-state index contributed by atoms with van der Waals surface area (Å²) >= 11 is 7.39. The summed E-state index contributed by atoms with van der Waals surface area (Å²) in [7, 11) is 0. The first-order chi connectivity index (χ1) is 15.0. The number of ether oxygens (including phenoxy) is 1. The minimum Gasteiger partial charge on any atom is -0.487 e. The van der Waals surface area contributed by atoms with Gasteiger partial charge in [0.2, 0.25) is 0 Å². The van der Waals surface area contributed by atoms with E-state index in [4.69, 9.17) is 16.3 Å². The van der Waals surface area contributed by atoms with E-state index < -0.39 is 11.7 Å². The molecule has 2 amide bonds. The maximum atomic E-state index is 14.0. The molecule has 0 unspecified atom stereocenters. The largest absolute Gasteiger partial charge is 0.487 e. The number of hydrogen-bond donors (Lipinski definition) is 0. The standard InChI is InChI=1S/C22H19ClFN3O3S/c23-16-4-5-20(24)19(11-16)22(29)27-8-6-26(7-9-27)21(28)15-2-1-3-18(10-15)30-12-17-13-31-14-25-17/h1-5,10-11,13-14H,6-9,12H2. The fourth-order valence-corrected chi connectivity index (χ4v) is 4.03. The summed E-state index contributed by atoms with van der Waals surface area (Å²) < 4.78 is 19.7. The van der Waals surface area contributed by atoms with Crippen molar-refractivity contribution in [2.24, 2.45) is 0 Å². The zero-order valence-electron chi connectivity index (χ0n) is 16.5. The van der Waals surface area contributed by atoms with E-state index in [0.29, 0.717) is 49.1 Å². The first kappa shape index (κ1) is 21.3. The highest BCUT2D eigenvalue weighted by molar-refractivity contribution is 7.07. The highest BCUT2D eigenvalue weighted by Gasteiger charge is 2.27. The van der Waals surface area contributed by atoms with Crippen molar-refractivity contribution in [2.75, 3.05) is 26.2 Å². The van der Waals surface area contributed by atoms with Gasteiger partial charge in [0, 0.05) is 42.1 Å². The van der Waals surface area contributed by atoms with Crippen LogP contribution < -0.4 is 4.74 Å². The smallest absolute Gasteiger partial charge is 0.257 e. The van der Waals surface area contributed by atoms with Gasteiger partial charge in [-0.2, -0.15) is 0 Å². The van der Waals surface area contributed by atoms with Crippen LogP contribution in [0.5, 0.6) is 5.75 Å². The lowest BCUT2D eigenvalue weighted by Gasteiger charge is -2.35. The molecule has 0 atom stereocenters. The Kier molecular flexibility index (Phi) is 6.48. The van der Waals surface area contributed by atoms with Crippen molar-refractivity contribution in [3.8, 4) is 5.75 Å². The van der Waals surface area contributed by atoms with Crippen molar-refractivity contribution in [1.82, 2.24) is 14.8 Å². The molecule has 2 aromatic carbocycles. The number of halogens is 2. The van der Waals surface area contributed by atoms with Gasteiger partial charge in [-0.25, -0.2) is 9.37 Å². The molecule has 3 aromatic rings. The summed E-state index contributed by atoms with van der Waals surface area (Å²) in [6.45, 7) is 1.68. The van der Waals surface area contributed by atoms with Crippen LogP contribution in [0.2, 0.25) is 5.02 Å². The second-order valence-corrected chi connectivity index (χ2v) is 8.16. The third-order valence-corrected chi connectivity index (χ3v) is 5.83. The third-order valence-electron chi connectivity index (χ3n) is 4.96. The Bertz CT molecular complexity index is 1090. The molecule has 1 aromatic heterocycles. The molecule has 0 spiro atoms. The highest BCUT2D eigenvalue weighted by Crippen LogP contribution is 2.20. The van der Waals surface area contributed by atoms with E-state index in [1.165, 1.54) is 34.4 Å². The van der Waals surface area contributed by atoms with Crippen LogP contribution in [0.1, 0.15) is 26.4 Å². The molecule has 6 nitrogen and oxygen atoms in total. The number of carbonyl (C=O) groups excluding carboxylic acids is 2. The molecule has 1 aliphatic heterocycles. The fourth-order valence-electron chi connectivity index (χ4n) is 3.31. The van der Waals surface area contributed by atoms with E-state index in [1.54, 1.807) is 34.7 Å². The van der Waals surface area contributed by atoms with Gasteiger partial charge >= 0.3 is 0 Å². The zero-order valence-corrected chi connectivity index (χ0v) is 18.0. The lowest BCUT2D eigenvalue weighted by atomic mass is 10.1. The van der Waals surface area contributed by atoms with Crippen LogP contribution >= 0.6 is 22.9 Å². The lowest BCUT2D eigenvalue weighted by molar-refractivity contribution is 0.0532. The molecule has 1 fully saturated rings. The molecule has 0 saturated carbocycles. The van der Waals surface area contributed by atoms with Crippen LogP contribution in [0.4, 0.5) is 4.39 Å². The predicted molar refractivity (Wildman–Crippen MR) is 116 cm³/mol. The topological polar surface area (TPSA) is 62.7 Å². The molecule has 0 N–H and O–H groups in total. The summed E-state index contributed by atoms with van der Waals surface area (Å²) in [4.78, 5) is 32.9. The highest BCUT2D eigenvalue weighted by atomic mass is 35.5. The maximum Gasteiger partial charge on any atom is 0.257 e. The summed E-state index contributed by atoms with van der Waals surface area (Å²) in [5, 5.41) is 2.21. The van der Waals surface area contributed by atoms with E-state index in [0.717, 1.165) is 5.69 Å². The van der Waals surface area contributed by atoms with E-state index in [2.05, 4.69) is 4.98 Å². The number of benzene rings is 2. The first-order valence-electron chi connectivity index (χ1n) is 9.65. The summed E-state index contributed by atoms with van der Waals surface area (Å²) in [6.07, 6.45) is 0. The van der Waals surface area contributed by atoms with Crippen molar-refractivity contribution >= 4 is 34.8 Å². The number of amides is 2. The number of piperazine rings is 1. The van der Waals surface area contributed by atoms with Gasteiger partial charge in [-0.3, -0.25) is 9.59 Å². The Morgan fingerprint density at radius 2 is 1.81 bits per heavy atom. The lowest BCUT2D eigenvalue weighted by Crippen LogP contribution is -2.50. The molecular formula is C22H19ClFN3O3S. The Morgan fingerprint density at radius 3 is 2.52 bits per heavy atom. The van der Waals surface area contributed by atoms with Gasteiger partial charge in [0.1, 0.15) is 18.2 Å². The van der Waals surface area contributed by atoms with Gasteiger partial charge in [0.05, 0.1) is 16.8 Å². The van der Waals surface area contributed by atoms with Crippen molar-refractivity contribution in [1.29, 1.82) is 0 Å². The summed E-state index contributed by atoms with van der Waals surface area (Å²) in [5.41, 5.74) is 3.02. The first-order valence-corrected chi connectivity index (χ1v) is 11.0. The van der Waals surface area contributed by atoms with Crippen LogP contribution in [-0.4, -0.2) is 52.8 Å². The quantitative estimate of drug-likeness (QED) is 0.576. The van der Waals surface area contributed by atoms with Crippen LogP contribution in [0.25, 0.3) is 0 Å². The molecule has 1 saturated heterocycles. The molecule has 31 heavy (non-hydrogen) atoms. The van der Waals surface area contributed by atoms with E-state index >= 15 is 0 Å². The van der Waals surface area contributed by atoms with Crippen LogP contribution in [-0.2, 0) is 6.61 Å². The second-order valence-electron chi connectivity index (χ2n) is 7.00. The van der Waals surface area contributed by atoms with Gasteiger partial charge in [0.15, 0.2) is 0 Å². The van der Waals surface area contributed by atoms with Crippen molar-refractivity contribution in [3.63, 3.8) is 0 Å². The number of thiazole rings is 1. The number of carbonyl (C=O) groups is 2. The molecule has 0 aliphatic carbocycles. The molecule has 160 valence electrons. The van der Waals surface area contributed by atoms with Crippen molar-refractivity contribution in [2.45, 2.75) is 6.61 Å². The molecule has 0 radical (unpaired) electrons. The second kappa shape index (κ2) is 9.45. The van der Waals surface area contributed by atoms with Crippen LogP contribution in [0.15, 0.2) is 53.4 Å². The van der Waals surface area contributed by atoms with Gasteiger partial charge in [-0.1, -0.05) is 17.7 Å². The number of nitrogens with zero attached hydrogens (tertiary/aromatic N) is 3. The fraction of sp³-hybridized carbons (Fsp3) is 0.227. The van der Waals surface area contributed by atoms with E-state index in [9.17, 15) is 14.0 Å². The van der Waals surface area contributed by atoms with E-state index in [-0.39, 0.29) is 11.5 Å². The maximum absolute atomic E-state index is 14.0. The number of hydrogen-bond acceptors (Lipinski definition) is 5. The average Bonchev–Trinajstić information content (AvgIpc) is 3.32. The molecule has 4 rings (SSSR count). The minimum atomic E-state index is -0.609. The normalized spacial score (nSPS) is 13.9. The van der Waals surface area contributed by atoms with Crippen molar-refractivity contribution < 1.29 is 18.7 Å². The van der Waals surface area contributed by atoms with Gasteiger partial charge < -0.3 is 14.5 Å². The molecule has 2 heterocycles. The Hall–Kier alpha value is -2.97. The average molecular weight is 460 g/mol. The van der Waals surface area contributed by atoms with Gasteiger partial charge in [-0.05, 0) is 36.4 Å². The van der Waals surface area contributed by atoms with Crippen LogP contribution in [0.3, 0.4) is 0 Å². The molecule has 9 heteroatoms. The number of rotatable bonds is 5. The summed E-state index contributed by atoms with van der Waals surface area (Å²) in [5.74, 6) is -0.587. The molecule has 0 bridgehead atoms. The van der Waals surface area contributed by atoms with Crippen LogP contribution in [0, 0.1) is 5.82 Å². The predicted octanol–water partition coefficient (Wildman–Crippen LogP) is 4.11. The molecular weight excluding hydrogens is 441 g/mol. The minimum absolute atomic E-state index is 0.0581. The van der Waals surface area contributed by atoms with Crippen molar-refractivity contribution in [3.05, 3.63) is 81.0 Å². The third kappa shape index (κ3) is 5.03. The SMILES string of the molecule is O=C(c1cccc(OCc2cscn2)c1)N1CCN(C(=O)c2cc(Cl)ccc2F)CC1. The Balaban J connectivity index is 1.36. The number of aromatic nitrogens is 1. The van der Waals surface area contributed by atoms with E-state index in [1.807, 2.05) is 5.38 Å². The Labute approximate surface area is 187 Å². The monoisotopic (exact) mass is 459 g/mol. The molecule has 1 aliphatic rings. The Morgan fingerprint density at radius 1 is 1.06 bits per heavy atom. The van der Waals surface area contributed by atoms with Gasteiger partial charge in [-0.15, -0.1) is 11.3 Å².